The molecule has 0 aliphatic heterocycles. The Morgan fingerprint density at radius 2 is 2.00 bits per heavy atom. The van der Waals surface area contributed by atoms with Crippen LogP contribution in [0.15, 0.2) is 35.1 Å². The van der Waals surface area contributed by atoms with Gasteiger partial charge >= 0.3 is 0 Å². The number of fused-ring (bicyclic) bond motifs is 1. The van der Waals surface area contributed by atoms with Crippen LogP contribution in [0.4, 0.5) is 0 Å². The fourth-order valence-corrected chi connectivity index (χ4v) is 1.85. The first-order valence-electron chi connectivity index (χ1n) is 5.16. The van der Waals surface area contributed by atoms with Crippen molar-refractivity contribution in [2.45, 2.75) is 6.04 Å². The molecule has 0 saturated carbocycles. The van der Waals surface area contributed by atoms with Gasteiger partial charge in [0.25, 0.3) is 5.56 Å². The number of nitrogens with two attached hydrogens (primary N) is 2. The second-order valence-corrected chi connectivity index (χ2v) is 3.89. The van der Waals surface area contributed by atoms with Gasteiger partial charge in [0.05, 0.1) is 5.52 Å². The third-order valence-electron chi connectivity index (χ3n) is 2.83. The summed E-state index contributed by atoms with van der Waals surface area (Å²) in [6, 6.07) is 7.65. The number of aromatic nitrogens is 1. The Labute approximate surface area is 97.6 Å². The molecule has 1 unspecified atom stereocenters. The molecule has 1 heterocycles. The normalized spacial score (nSPS) is 12.6. The molecule has 88 valence electrons. The van der Waals surface area contributed by atoms with E-state index in [1.54, 1.807) is 13.1 Å². The third kappa shape index (κ3) is 1.81. The van der Waals surface area contributed by atoms with Crippen molar-refractivity contribution >= 4 is 16.8 Å². The maximum atomic E-state index is 11.7. The molecule has 1 atom stereocenters. The average molecular weight is 231 g/mol. The molecule has 2 aromatic rings. The number of benzene rings is 1. The van der Waals surface area contributed by atoms with Crippen LogP contribution in [0.25, 0.3) is 10.9 Å². The summed E-state index contributed by atoms with van der Waals surface area (Å²) in [5, 5.41) is 0.765. The number of aryl methyl sites for hydroxylation is 1. The van der Waals surface area contributed by atoms with E-state index in [-0.39, 0.29) is 5.56 Å². The van der Waals surface area contributed by atoms with Gasteiger partial charge in [-0.2, -0.15) is 0 Å². The minimum atomic E-state index is -0.964. The molecule has 0 radical (unpaired) electrons. The molecule has 5 heteroatoms. The van der Waals surface area contributed by atoms with Gasteiger partial charge in [-0.15, -0.1) is 0 Å². The average Bonchev–Trinajstić information content (AvgIpc) is 2.33. The lowest BCUT2D eigenvalue weighted by molar-refractivity contribution is -0.119. The van der Waals surface area contributed by atoms with Crippen molar-refractivity contribution in [1.29, 1.82) is 0 Å². The van der Waals surface area contributed by atoms with Crippen LogP contribution in [0, 0.1) is 0 Å². The van der Waals surface area contributed by atoms with Crippen LogP contribution in [0.5, 0.6) is 0 Å². The SMILES string of the molecule is Cn1c(=O)cc(C(N)C(N)=O)c2ccccc21. The van der Waals surface area contributed by atoms with Gasteiger partial charge in [-0.3, -0.25) is 9.59 Å². The highest BCUT2D eigenvalue weighted by Gasteiger charge is 2.17. The summed E-state index contributed by atoms with van der Waals surface area (Å²) in [5.74, 6) is -0.650. The number of carbonyl (C=O) groups excluding carboxylic acids is 1. The van der Waals surface area contributed by atoms with Crippen LogP contribution in [0.3, 0.4) is 0 Å². The predicted octanol–water partition coefficient (Wildman–Crippen LogP) is 0.0236. The highest BCUT2D eigenvalue weighted by Crippen LogP contribution is 2.20. The minimum absolute atomic E-state index is 0.213. The molecule has 4 N–H and O–H groups in total. The summed E-state index contributed by atoms with van der Waals surface area (Å²) in [6.07, 6.45) is 0. The summed E-state index contributed by atoms with van der Waals surface area (Å²) in [6.45, 7) is 0. The zero-order valence-electron chi connectivity index (χ0n) is 9.38. The molecule has 0 aliphatic carbocycles. The Kier molecular flexibility index (Phi) is 2.69. The Morgan fingerprint density at radius 1 is 1.35 bits per heavy atom. The van der Waals surface area contributed by atoms with Crippen molar-refractivity contribution < 1.29 is 4.79 Å². The van der Waals surface area contributed by atoms with E-state index in [0.29, 0.717) is 5.56 Å². The van der Waals surface area contributed by atoms with Gasteiger partial charge in [-0.25, -0.2) is 0 Å². The van der Waals surface area contributed by atoms with Crippen molar-refractivity contribution in [3.8, 4) is 0 Å². The van der Waals surface area contributed by atoms with Crippen molar-refractivity contribution in [3.05, 3.63) is 46.2 Å². The summed E-state index contributed by atoms with van der Waals surface area (Å²) < 4.78 is 1.51. The number of para-hydroxylation sites is 1. The summed E-state index contributed by atoms with van der Waals surface area (Å²) in [5.41, 5.74) is 11.9. The number of primary amides is 1. The summed E-state index contributed by atoms with van der Waals surface area (Å²) in [7, 11) is 1.67. The van der Waals surface area contributed by atoms with Gasteiger partial charge < -0.3 is 16.0 Å². The first-order valence-corrected chi connectivity index (χ1v) is 5.16. The van der Waals surface area contributed by atoms with E-state index >= 15 is 0 Å². The van der Waals surface area contributed by atoms with E-state index in [0.717, 1.165) is 10.9 Å². The molecule has 0 aliphatic rings. The van der Waals surface area contributed by atoms with E-state index in [9.17, 15) is 9.59 Å². The van der Waals surface area contributed by atoms with Crippen molar-refractivity contribution in [2.24, 2.45) is 18.5 Å². The van der Waals surface area contributed by atoms with Gasteiger partial charge in [-0.1, -0.05) is 18.2 Å². The van der Waals surface area contributed by atoms with Gasteiger partial charge in [0.15, 0.2) is 0 Å². The van der Waals surface area contributed by atoms with Crippen LogP contribution in [-0.2, 0) is 11.8 Å². The molecule has 0 spiro atoms. The second kappa shape index (κ2) is 4.03. The standard InChI is InChI=1S/C12H13N3O2/c1-15-9-5-3-2-4-7(9)8(6-10(15)16)11(13)12(14)17/h2-6,11H,13H2,1H3,(H2,14,17). The van der Waals surface area contributed by atoms with E-state index in [1.807, 2.05) is 18.2 Å². The molecule has 0 fully saturated rings. The first-order chi connectivity index (χ1) is 8.02. The lowest BCUT2D eigenvalue weighted by atomic mass is 10.0. The highest BCUT2D eigenvalue weighted by atomic mass is 16.1. The maximum absolute atomic E-state index is 11.7. The van der Waals surface area contributed by atoms with Crippen molar-refractivity contribution in [3.63, 3.8) is 0 Å². The zero-order chi connectivity index (χ0) is 12.6. The first kappa shape index (κ1) is 11.3. The number of carbonyl (C=O) groups is 1. The minimum Gasteiger partial charge on any atom is -0.368 e. The number of pyridine rings is 1. The van der Waals surface area contributed by atoms with Gasteiger partial charge in [0.1, 0.15) is 6.04 Å². The van der Waals surface area contributed by atoms with Crippen LogP contribution in [0.2, 0.25) is 0 Å². The molecule has 2 rings (SSSR count). The summed E-state index contributed by atoms with van der Waals surface area (Å²) in [4.78, 5) is 22.9. The molecular formula is C12H13N3O2. The van der Waals surface area contributed by atoms with Crippen LogP contribution >= 0.6 is 0 Å². The molecule has 1 amide bonds. The predicted molar refractivity (Wildman–Crippen MR) is 65.3 cm³/mol. The molecule has 1 aromatic heterocycles. The fraction of sp³-hybridized carbons (Fsp3) is 0.167. The molecular weight excluding hydrogens is 218 g/mol. The van der Waals surface area contributed by atoms with E-state index in [2.05, 4.69) is 0 Å². The van der Waals surface area contributed by atoms with Crippen LogP contribution in [0.1, 0.15) is 11.6 Å². The number of nitrogens with zero attached hydrogens (tertiary/aromatic N) is 1. The number of hydrogen-bond acceptors (Lipinski definition) is 3. The van der Waals surface area contributed by atoms with E-state index < -0.39 is 11.9 Å². The largest absolute Gasteiger partial charge is 0.368 e. The second-order valence-electron chi connectivity index (χ2n) is 3.89. The molecule has 1 aromatic carbocycles. The number of amides is 1. The molecule has 17 heavy (non-hydrogen) atoms. The van der Waals surface area contributed by atoms with Gasteiger partial charge in [0, 0.05) is 18.5 Å². The lowest BCUT2D eigenvalue weighted by Gasteiger charge is -2.13. The monoisotopic (exact) mass is 231 g/mol. The lowest BCUT2D eigenvalue weighted by Crippen LogP contribution is -2.30. The Balaban J connectivity index is 2.85. The van der Waals surface area contributed by atoms with E-state index in [4.69, 9.17) is 11.5 Å². The van der Waals surface area contributed by atoms with Crippen molar-refractivity contribution in [2.75, 3.05) is 0 Å². The number of hydrogen-bond donors (Lipinski definition) is 2. The van der Waals surface area contributed by atoms with Gasteiger partial charge in [0.2, 0.25) is 5.91 Å². The quantitative estimate of drug-likeness (QED) is 0.763. The van der Waals surface area contributed by atoms with Crippen LogP contribution in [-0.4, -0.2) is 10.5 Å². The zero-order valence-corrected chi connectivity index (χ0v) is 9.38. The maximum Gasteiger partial charge on any atom is 0.251 e. The Bertz CT molecular complexity index is 646. The van der Waals surface area contributed by atoms with Crippen molar-refractivity contribution in [1.82, 2.24) is 4.57 Å². The highest BCUT2D eigenvalue weighted by molar-refractivity contribution is 5.90. The Morgan fingerprint density at radius 3 is 2.65 bits per heavy atom. The molecule has 0 saturated heterocycles. The molecule has 0 bridgehead atoms. The smallest absolute Gasteiger partial charge is 0.251 e. The van der Waals surface area contributed by atoms with Gasteiger partial charge in [-0.05, 0) is 11.6 Å². The fourth-order valence-electron chi connectivity index (χ4n) is 1.85. The molecule has 5 nitrogen and oxygen atoms in total. The number of rotatable bonds is 2. The summed E-state index contributed by atoms with van der Waals surface area (Å²) >= 11 is 0. The third-order valence-corrected chi connectivity index (χ3v) is 2.83. The Hall–Kier alpha value is -2.14. The van der Waals surface area contributed by atoms with Crippen LogP contribution < -0.4 is 17.0 Å². The van der Waals surface area contributed by atoms with E-state index in [1.165, 1.54) is 10.6 Å². The topological polar surface area (TPSA) is 91.1 Å².